The maximum Gasteiger partial charge on any atom is 0.0992 e. The molecule has 2 rings (SSSR count). The Balaban J connectivity index is 2.17. The Bertz CT molecular complexity index is 641. The molecule has 1 heterocycles. The van der Waals surface area contributed by atoms with Gasteiger partial charge in [-0.15, -0.1) is 0 Å². The van der Waals surface area contributed by atoms with Crippen LogP contribution in [0.2, 0.25) is 0 Å². The number of nitriles is 1. The molecule has 20 heavy (non-hydrogen) atoms. The van der Waals surface area contributed by atoms with Crippen LogP contribution in [0.3, 0.4) is 0 Å². The van der Waals surface area contributed by atoms with Gasteiger partial charge >= 0.3 is 0 Å². The van der Waals surface area contributed by atoms with Crippen LogP contribution in [0, 0.1) is 11.3 Å². The van der Waals surface area contributed by atoms with E-state index in [0.717, 1.165) is 11.4 Å². The minimum atomic E-state index is 0.0206. The topological polar surface area (TPSA) is 53.6 Å². The molecule has 104 valence electrons. The van der Waals surface area contributed by atoms with E-state index in [4.69, 9.17) is 5.26 Å². The number of hydrogen-bond acceptors (Lipinski definition) is 3. The average Bonchev–Trinajstić information content (AvgIpc) is 2.78. The van der Waals surface area contributed by atoms with E-state index in [1.807, 2.05) is 36.1 Å². The number of benzene rings is 1. The molecule has 4 heteroatoms. The van der Waals surface area contributed by atoms with Crippen molar-refractivity contribution in [2.45, 2.75) is 32.7 Å². The summed E-state index contributed by atoms with van der Waals surface area (Å²) in [6.45, 7) is 7.19. The first-order valence-electron chi connectivity index (χ1n) is 6.67. The van der Waals surface area contributed by atoms with Crippen LogP contribution in [0.1, 0.15) is 37.6 Å². The summed E-state index contributed by atoms with van der Waals surface area (Å²) in [5.74, 6) is 0. The van der Waals surface area contributed by atoms with Crippen LogP contribution in [0.15, 0.2) is 30.5 Å². The third-order valence-corrected chi connectivity index (χ3v) is 3.09. The molecule has 1 N–H and O–H groups in total. The predicted molar refractivity (Wildman–Crippen MR) is 80.4 cm³/mol. The fraction of sp³-hybridized carbons (Fsp3) is 0.375. The zero-order valence-corrected chi connectivity index (χ0v) is 12.4. The van der Waals surface area contributed by atoms with Gasteiger partial charge in [-0.25, -0.2) is 0 Å². The summed E-state index contributed by atoms with van der Waals surface area (Å²) < 4.78 is 1.85. The zero-order valence-electron chi connectivity index (χ0n) is 12.4. The molecule has 0 spiro atoms. The van der Waals surface area contributed by atoms with E-state index in [1.54, 1.807) is 6.07 Å². The van der Waals surface area contributed by atoms with Crippen LogP contribution in [0.4, 0.5) is 5.69 Å². The second-order valence-electron chi connectivity index (χ2n) is 5.97. The lowest BCUT2D eigenvalue weighted by Gasteiger charge is -2.18. The molecule has 4 nitrogen and oxygen atoms in total. The Morgan fingerprint density at radius 2 is 2.10 bits per heavy atom. The van der Waals surface area contributed by atoms with E-state index in [2.05, 4.69) is 37.3 Å². The van der Waals surface area contributed by atoms with Gasteiger partial charge in [0.1, 0.15) is 0 Å². The molecule has 1 aromatic carbocycles. The van der Waals surface area contributed by atoms with Gasteiger partial charge in [0.2, 0.25) is 0 Å². The van der Waals surface area contributed by atoms with Crippen molar-refractivity contribution >= 4 is 5.69 Å². The lowest BCUT2D eigenvalue weighted by atomic mass is 9.89. The minimum Gasteiger partial charge on any atom is -0.381 e. The fourth-order valence-electron chi connectivity index (χ4n) is 2.19. The number of nitrogens with one attached hydrogen (secondary N) is 1. The van der Waals surface area contributed by atoms with Gasteiger partial charge in [-0.1, -0.05) is 26.8 Å². The standard InChI is InChI=1S/C16H20N4/c1-16(2,3)15-13(11-20(4)19-15)10-18-14-7-5-6-12(8-14)9-17/h5-8,11,18H,10H2,1-4H3. The normalized spacial score (nSPS) is 11.2. The Morgan fingerprint density at radius 3 is 2.75 bits per heavy atom. The smallest absolute Gasteiger partial charge is 0.0992 e. The highest BCUT2D eigenvalue weighted by Crippen LogP contribution is 2.24. The zero-order chi connectivity index (χ0) is 14.8. The first-order chi connectivity index (χ1) is 9.40. The highest BCUT2D eigenvalue weighted by Gasteiger charge is 2.21. The summed E-state index contributed by atoms with van der Waals surface area (Å²) in [6, 6.07) is 9.65. The Morgan fingerprint density at radius 1 is 1.35 bits per heavy atom. The van der Waals surface area contributed by atoms with Crippen LogP contribution in [0.5, 0.6) is 0 Å². The van der Waals surface area contributed by atoms with Crippen molar-refractivity contribution in [2.75, 3.05) is 5.32 Å². The molecule has 0 unspecified atom stereocenters. The molecule has 0 saturated carbocycles. The second kappa shape index (κ2) is 5.38. The number of nitrogens with zero attached hydrogens (tertiary/aromatic N) is 3. The molecular weight excluding hydrogens is 248 g/mol. The van der Waals surface area contributed by atoms with Gasteiger partial charge in [0.05, 0.1) is 17.3 Å². The van der Waals surface area contributed by atoms with Gasteiger partial charge in [0.25, 0.3) is 0 Å². The number of anilines is 1. The van der Waals surface area contributed by atoms with E-state index in [1.165, 1.54) is 5.56 Å². The molecule has 0 aliphatic carbocycles. The average molecular weight is 268 g/mol. The quantitative estimate of drug-likeness (QED) is 0.930. The van der Waals surface area contributed by atoms with Gasteiger partial charge < -0.3 is 5.32 Å². The summed E-state index contributed by atoms with van der Waals surface area (Å²) in [5.41, 5.74) is 3.92. The van der Waals surface area contributed by atoms with E-state index >= 15 is 0 Å². The maximum absolute atomic E-state index is 8.91. The molecule has 0 radical (unpaired) electrons. The predicted octanol–water partition coefficient (Wildman–Crippen LogP) is 3.20. The van der Waals surface area contributed by atoms with E-state index < -0.39 is 0 Å². The molecule has 0 saturated heterocycles. The summed E-state index contributed by atoms with van der Waals surface area (Å²) in [7, 11) is 1.94. The second-order valence-corrected chi connectivity index (χ2v) is 5.97. The van der Waals surface area contributed by atoms with Crippen molar-refractivity contribution in [3.8, 4) is 6.07 Å². The van der Waals surface area contributed by atoms with Crippen LogP contribution < -0.4 is 5.32 Å². The first kappa shape index (κ1) is 14.1. The summed E-state index contributed by atoms with van der Waals surface area (Å²) in [5, 5.41) is 16.8. The lowest BCUT2D eigenvalue weighted by Crippen LogP contribution is -2.16. The van der Waals surface area contributed by atoms with Gasteiger partial charge in [0.15, 0.2) is 0 Å². The third kappa shape index (κ3) is 3.18. The number of rotatable bonds is 3. The first-order valence-corrected chi connectivity index (χ1v) is 6.67. The summed E-state index contributed by atoms with van der Waals surface area (Å²) >= 11 is 0. The van der Waals surface area contributed by atoms with Gasteiger partial charge in [-0.2, -0.15) is 10.4 Å². The van der Waals surface area contributed by atoms with E-state index in [0.29, 0.717) is 12.1 Å². The monoisotopic (exact) mass is 268 g/mol. The van der Waals surface area contributed by atoms with E-state index in [9.17, 15) is 0 Å². The SMILES string of the molecule is Cn1cc(CNc2cccc(C#N)c2)c(C(C)(C)C)n1. The molecule has 0 fully saturated rings. The van der Waals surface area contributed by atoms with Crippen molar-refractivity contribution in [3.05, 3.63) is 47.3 Å². The third-order valence-electron chi connectivity index (χ3n) is 3.09. The van der Waals surface area contributed by atoms with Crippen molar-refractivity contribution in [2.24, 2.45) is 7.05 Å². The molecule has 0 atom stereocenters. The molecule has 0 aliphatic rings. The summed E-state index contributed by atoms with van der Waals surface area (Å²) in [6.07, 6.45) is 2.04. The van der Waals surface area contributed by atoms with Crippen molar-refractivity contribution in [1.29, 1.82) is 5.26 Å². The van der Waals surface area contributed by atoms with Crippen LogP contribution in [-0.2, 0) is 19.0 Å². The van der Waals surface area contributed by atoms with Gasteiger partial charge in [0, 0.05) is 36.5 Å². The van der Waals surface area contributed by atoms with E-state index in [-0.39, 0.29) is 5.41 Å². The van der Waals surface area contributed by atoms with Crippen molar-refractivity contribution in [1.82, 2.24) is 9.78 Å². The van der Waals surface area contributed by atoms with Crippen LogP contribution >= 0.6 is 0 Å². The van der Waals surface area contributed by atoms with Crippen LogP contribution in [-0.4, -0.2) is 9.78 Å². The van der Waals surface area contributed by atoms with Gasteiger partial charge in [-0.3, -0.25) is 4.68 Å². The lowest BCUT2D eigenvalue weighted by molar-refractivity contribution is 0.549. The highest BCUT2D eigenvalue weighted by atomic mass is 15.3. The maximum atomic E-state index is 8.91. The fourth-order valence-corrected chi connectivity index (χ4v) is 2.19. The van der Waals surface area contributed by atoms with Crippen molar-refractivity contribution < 1.29 is 0 Å². The summed E-state index contributed by atoms with van der Waals surface area (Å²) in [4.78, 5) is 0. The Kier molecular flexibility index (Phi) is 3.80. The molecular formula is C16H20N4. The molecule has 0 aliphatic heterocycles. The number of aromatic nitrogens is 2. The Hall–Kier alpha value is -2.28. The molecule has 0 amide bonds. The molecule has 0 bridgehead atoms. The van der Waals surface area contributed by atoms with Crippen molar-refractivity contribution in [3.63, 3.8) is 0 Å². The molecule has 2 aromatic rings. The number of aryl methyl sites for hydroxylation is 1. The van der Waals surface area contributed by atoms with Gasteiger partial charge in [-0.05, 0) is 18.2 Å². The molecule has 1 aromatic heterocycles. The van der Waals surface area contributed by atoms with Crippen LogP contribution in [0.25, 0.3) is 0 Å². The highest BCUT2D eigenvalue weighted by molar-refractivity contribution is 5.49. The Labute approximate surface area is 120 Å². The largest absolute Gasteiger partial charge is 0.381 e. The number of hydrogen-bond donors (Lipinski definition) is 1. The minimum absolute atomic E-state index is 0.0206.